The van der Waals surface area contributed by atoms with Gasteiger partial charge in [-0.05, 0) is 18.2 Å². The molecule has 1 saturated heterocycles. The number of nitrogens with zero attached hydrogens (tertiary/aromatic N) is 4. The Morgan fingerprint density at radius 1 is 1.14 bits per heavy atom. The molecule has 0 unspecified atom stereocenters. The lowest BCUT2D eigenvalue weighted by molar-refractivity contribution is -0.148. The van der Waals surface area contributed by atoms with E-state index in [9.17, 15) is 23.9 Å². The molecule has 29 heavy (non-hydrogen) atoms. The molecule has 2 aliphatic rings. The zero-order valence-electron chi connectivity index (χ0n) is 14.9. The Balaban J connectivity index is 1.90. The minimum absolute atomic E-state index is 0.0307. The van der Waals surface area contributed by atoms with Gasteiger partial charge in [-0.2, -0.15) is 10.1 Å². The second-order valence-electron chi connectivity index (χ2n) is 6.88. The highest BCUT2D eigenvalue weighted by atomic mass is 19.1. The Kier molecular flexibility index (Phi) is 3.45. The Labute approximate surface area is 162 Å². The monoisotopic (exact) mass is 392 g/mol. The molecule has 0 spiro atoms. The number of amides is 1. The van der Waals surface area contributed by atoms with E-state index in [4.69, 9.17) is 0 Å². The lowest BCUT2D eigenvalue weighted by Gasteiger charge is -2.41. The molecular weight excluding hydrogens is 379 g/mol. The van der Waals surface area contributed by atoms with Crippen LogP contribution in [0.1, 0.15) is 12.8 Å². The molecule has 1 atom stereocenters. The number of carboxylic acids is 1. The van der Waals surface area contributed by atoms with Crippen LogP contribution < -0.4 is 10.5 Å². The number of aliphatic carboxylic acids is 1. The molecule has 1 N–H and O–H groups in total. The molecule has 8 nitrogen and oxygen atoms in total. The zero-order valence-corrected chi connectivity index (χ0v) is 14.9. The quantitative estimate of drug-likeness (QED) is 0.715. The number of hydrogen-bond acceptors (Lipinski definition) is 5. The molecule has 0 aliphatic carbocycles. The van der Waals surface area contributed by atoms with E-state index in [2.05, 4.69) is 10.1 Å². The molecule has 0 saturated carbocycles. The van der Waals surface area contributed by atoms with Crippen molar-refractivity contribution in [3.8, 4) is 22.6 Å². The minimum atomic E-state index is -1.87. The largest absolute Gasteiger partial charge is 0.478 e. The van der Waals surface area contributed by atoms with Crippen molar-refractivity contribution in [2.24, 2.45) is 0 Å². The Hall–Kier alpha value is -3.88. The van der Waals surface area contributed by atoms with Crippen LogP contribution in [0.5, 0.6) is 0 Å². The van der Waals surface area contributed by atoms with Crippen molar-refractivity contribution in [1.29, 1.82) is 0 Å². The smallest absolute Gasteiger partial charge is 0.353 e. The Bertz CT molecular complexity index is 1260. The summed E-state index contributed by atoms with van der Waals surface area (Å²) >= 11 is 0. The number of carboxylic acid groups (broad SMARTS) is 1. The van der Waals surface area contributed by atoms with Gasteiger partial charge in [-0.25, -0.2) is 13.9 Å². The highest BCUT2D eigenvalue weighted by Crippen LogP contribution is 2.48. The molecule has 2 aliphatic heterocycles. The van der Waals surface area contributed by atoms with Gasteiger partial charge in [-0.3, -0.25) is 14.5 Å². The third-order valence-corrected chi connectivity index (χ3v) is 5.30. The standard InChI is InChI=1S/C20H13FN4O4/c21-12-6-7-14-13(10-12)17-22-18(27)16(11-4-2-1-3-5-11)23-25(17)20(19(28)29)9-8-15(26)24(14)20/h1-7,10H,8-9H2,(H,28,29)/t20-/m0/s1. The van der Waals surface area contributed by atoms with Crippen LogP contribution in [-0.2, 0) is 15.3 Å². The molecule has 2 aromatic carbocycles. The molecule has 3 aromatic rings. The predicted octanol–water partition coefficient (Wildman–Crippen LogP) is 1.99. The van der Waals surface area contributed by atoms with Crippen molar-refractivity contribution in [2.45, 2.75) is 18.5 Å². The maximum atomic E-state index is 14.0. The maximum absolute atomic E-state index is 14.0. The third-order valence-electron chi connectivity index (χ3n) is 5.30. The van der Waals surface area contributed by atoms with Crippen molar-refractivity contribution in [3.05, 3.63) is 64.7 Å². The fourth-order valence-electron chi connectivity index (χ4n) is 4.02. The summed E-state index contributed by atoms with van der Waals surface area (Å²) in [6.07, 6.45) is -0.0895. The van der Waals surface area contributed by atoms with Crippen molar-refractivity contribution in [1.82, 2.24) is 14.8 Å². The van der Waals surface area contributed by atoms with Gasteiger partial charge in [0.05, 0.1) is 5.69 Å². The van der Waals surface area contributed by atoms with Gasteiger partial charge in [-0.15, -0.1) is 0 Å². The summed E-state index contributed by atoms with van der Waals surface area (Å²) in [5.74, 6) is -2.42. The van der Waals surface area contributed by atoms with Crippen LogP contribution in [0.4, 0.5) is 10.1 Å². The number of benzene rings is 2. The van der Waals surface area contributed by atoms with Gasteiger partial charge in [0.2, 0.25) is 11.6 Å². The molecular formula is C20H13FN4O4. The Morgan fingerprint density at radius 3 is 2.62 bits per heavy atom. The topological polar surface area (TPSA) is 105 Å². The second kappa shape index (κ2) is 5.81. The number of anilines is 1. The molecule has 0 radical (unpaired) electrons. The first kappa shape index (κ1) is 17.2. The summed E-state index contributed by atoms with van der Waals surface area (Å²) < 4.78 is 15.0. The van der Waals surface area contributed by atoms with Crippen molar-refractivity contribution >= 4 is 17.6 Å². The number of carbonyl (C=O) groups is 2. The predicted molar refractivity (Wildman–Crippen MR) is 99.5 cm³/mol. The van der Waals surface area contributed by atoms with E-state index in [1.807, 2.05) is 0 Å². The molecule has 144 valence electrons. The number of fused-ring (bicyclic) bond motifs is 6. The lowest BCUT2D eigenvalue weighted by atomic mass is 10.00. The minimum Gasteiger partial charge on any atom is -0.478 e. The van der Waals surface area contributed by atoms with Crippen LogP contribution in [0, 0.1) is 5.82 Å². The highest BCUT2D eigenvalue weighted by molar-refractivity contribution is 6.07. The SMILES string of the molecule is O=C1CC[C@]2(C(=O)O)N1c1ccc(F)cc1-c1nc(=O)c(-c3ccccc3)nn12. The molecule has 0 bridgehead atoms. The van der Waals surface area contributed by atoms with Gasteiger partial charge in [0.15, 0.2) is 11.5 Å². The van der Waals surface area contributed by atoms with E-state index in [-0.39, 0.29) is 35.6 Å². The summed E-state index contributed by atoms with van der Waals surface area (Å²) in [7, 11) is 0. The molecule has 5 rings (SSSR count). The zero-order chi connectivity index (χ0) is 20.3. The van der Waals surface area contributed by atoms with Gasteiger partial charge in [0.25, 0.3) is 5.56 Å². The van der Waals surface area contributed by atoms with E-state index in [1.165, 1.54) is 6.07 Å². The molecule has 3 heterocycles. The van der Waals surface area contributed by atoms with Crippen molar-refractivity contribution < 1.29 is 19.1 Å². The van der Waals surface area contributed by atoms with E-state index in [1.54, 1.807) is 30.3 Å². The van der Waals surface area contributed by atoms with Crippen LogP contribution >= 0.6 is 0 Å². The molecule has 1 amide bonds. The van der Waals surface area contributed by atoms with Crippen molar-refractivity contribution in [2.75, 3.05) is 4.90 Å². The Morgan fingerprint density at radius 2 is 1.90 bits per heavy atom. The van der Waals surface area contributed by atoms with Crippen LogP contribution in [0.15, 0.2) is 53.3 Å². The van der Waals surface area contributed by atoms with E-state index < -0.39 is 28.9 Å². The first-order valence-corrected chi connectivity index (χ1v) is 8.87. The molecule has 1 fully saturated rings. The number of halogens is 1. The van der Waals surface area contributed by atoms with Crippen LogP contribution in [0.2, 0.25) is 0 Å². The fourth-order valence-corrected chi connectivity index (χ4v) is 4.02. The van der Waals surface area contributed by atoms with Gasteiger partial charge >= 0.3 is 5.97 Å². The van der Waals surface area contributed by atoms with Gasteiger partial charge < -0.3 is 5.11 Å². The average molecular weight is 392 g/mol. The van der Waals surface area contributed by atoms with E-state index in [0.717, 1.165) is 21.7 Å². The van der Waals surface area contributed by atoms with Gasteiger partial charge in [-0.1, -0.05) is 30.3 Å². The number of carbonyl (C=O) groups excluding carboxylic acids is 1. The summed E-state index contributed by atoms with van der Waals surface area (Å²) in [6.45, 7) is 0. The van der Waals surface area contributed by atoms with E-state index >= 15 is 0 Å². The fraction of sp³-hybridized carbons (Fsp3) is 0.150. The van der Waals surface area contributed by atoms with Gasteiger partial charge in [0, 0.05) is 24.0 Å². The summed E-state index contributed by atoms with van der Waals surface area (Å²) in [4.78, 5) is 43.0. The first-order chi connectivity index (χ1) is 13.9. The maximum Gasteiger partial charge on any atom is 0.353 e. The molecule has 9 heteroatoms. The van der Waals surface area contributed by atoms with Crippen LogP contribution in [0.3, 0.4) is 0 Å². The first-order valence-electron chi connectivity index (χ1n) is 8.87. The highest BCUT2D eigenvalue weighted by Gasteiger charge is 2.58. The molecule has 1 aromatic heterocycles. The normalized spacial score (nSPS) is 19.5. The third kappa shape index (κ3) is 2.21. The van der Waals surface area contributed by atoms with E-state index in [0.29, 0.717) is 5.56 Å². The van der Waals surface area contributed by atoms with Gasteiger partial charge in [0.1, 0.15) is 5.82 Å². The number of aromatic nitrogens is 3. The van der Waals surface area contributed by atoms with Crippen LogP contribution in [0.25, 0.3) is 22.6 Å². The summed E-state index contributed by atoms with van der Waals surface area (Å²) in [5.41, 5.74) is -1.80. The second-order valence-corrected chi connectivity index (χ2v) is 6.88. The number of hydrogen-bond donors (Lipinski definition) is 1. The van der Waals surface area contributed by atoms with Crippen LogP contribution in [-0.4, -0.2) is 31.7 Å². The average Bonchev–Trinajstić information content (AvgIpc) is 3.07. The number of rotatable bonds is 2. The summed E-state index contributed by atoms with van der Waals surface area (Å²) in [5, 5.41) is 14.5. The van der Waals surface area contributed by atoms with Crippen molar-refractivity contribution in [3.63, 3.8) is 0 Å². The summed E-state index contributed by atoms with van der Waals surface area (Å²) in [6, 6.07) is 12.1. The lowest BCUT2D eigenvalue weighted by Crippen LogP contribution is -2.58.